The van der Waals surface area contributed by atoms with Crippen LogP contribution in [0.3, 0.4) is 0 Å². The zero-order valence-corrected chi connectivity index (χ0v) is 18.8. The van der Waals surface area contributed by atoms with Gasteiger partial charge in [-0.1, -0.05) is 74.5 Å². The standard InChI is InChI=1S/C28H27NO4/c1-28(2)24(19-31-18-20-10-5-3-6-11-20)26(28)27(30)33-25(17-29)21-12-9-15-23(16-21)32-22-13-7-4-8-14-22/h3-16,24-26H,18-19H2,1-2H3/t24-,25?,26-/m0/s1. The largest absolute Gasteiger partial charge is 0.457 e. The number of rotatable bonds is 9. The van der Waals surface area contributed by atoms with Gasteiger partial charge in [0.2, 0.25) is 6.10 Å². The lowest BCUT2D eigenvalue weighted by molar-refractivity contribution is -0.149. The second-order valence-electron chi connectivity index (χ2n) is 8.84. The Morgan fingerprint density at radius 1 is 0.970 bits per heavy atom. The molecular weight excluding hydrogens is 414 g/mol. The molecule has 0 bridgehead atoms. The van der Waals surface area contributed by atoms with E-state index in [1.807, 2.05) is 74.5 Å². The number of nitriles is 1. The highest BCUT2D eigenvalue weighted by Crippen LogP contribution is 2.59. The summed E-state index contributed by atoms with van der Waals surface area (Å²) in [6, 6.07) is 28.5. The molecule has 5 heteroatoms. The highest BCUT2D eigenvalue weighted by Gasteiger charge is 2.62. The van der Waals surface area contributed by atoms with Crippen molar-refractivity contribution in [1.29, 1.82) is 5.26 Å². The molecule has 1 aliphatic carbocycles. The zero-order chi connectivity index (χ0) is 23.3. The van der Waals surface area contributed by atoms with Crippen molar-refractivity contribution in [3.05, 3.63) is 96.1 Å². The number of carbonyl (C=O) groups excluding carboxylic acids is 1. The van der Waals surface area contributed by atoms with Crippen LogP contribution in [0.5, 0.6) is 11.5 Å². The van der Waals surface area contributed by atoms with Crippen LogP contribution >= 0.6 is 0 Å². The number of para-hydroxylation sites is 1. The molecule has 3 aromatic rings. The maximum absolute atomic E-state index is 12.9. The van der Waals surface area contributed by atoms with Crippen LogP contribution in [-0.4, -0.2) is 12.6 Å². The zero-order valence-electron chi connectivity index (χ0n) is 18.8. The lowest BCUT2D eigenvalue weighted by atomic mass is 10.1. The Morgan fingerprint density at radius 2 is 1.64 bits per heavy atom. The quantitative estimate of drug-likeness (QED) is 0.377. The summed E-state index contributed by atoms with van der Waals surface area (Å²) in [5.41, 5.74) is 1.44. The van der Waals surface area contributed by atoms with Crippen molar-refractivity contribution in [3.8, 4) is 17.6 Å². The first kappa shape index (κ1) is 22.6. The highest BCUT2D eigenvalue weighted by molar-refractivity contribution is 5.78. The maximum atomic E-state index is 12.9. The SMILES string of the molecule is CC1(C)[C@H](C(=O)OC(C#N)c2cccc(Oc3ccccc3)c2)[C@@H]1COCc1ccccc1. The highest BCUT2D eigenvalue weighted by atomic mass is 16.5. The number of hydrogen-bond acceptors (Lipinski definition) is 5. The number of esters is 1. The van der Waals surface area contributed by atoms with Crippen molar-refractivity contribution in [1.82, 2.24) is 0 Å². The van der Waals surface area contributed by atoms with E-state index >= 15 is 0 Å². The van der Waals surface area contributed by atoms with Gasteiger partial charge in [-0.25, -0.2) is 0 Å². The van der Waals surface area contributed by atoms with E-state index in [9.17, 15) is 10.1 Å². The molecule has 1 saturated carbocycles. The molecule has 5 nitrogen and oxygen atoms in total. The Labute approximate surface area is 194 Å². The molecule has 0 radical (unpaired) electrons. The summed E-state index contributed by atoms with van der Waals surface area (Å²) in [5.74, 6) is 0.662. The third-order valence-corrected chi connectivity index (χ3v) is 6.20. The molecular formula is C28H27NO4. The van der Waals surface area contributed by atoms with E-state index in [1.165, 1.54) is 0 Å². The minimum absolute atomic E-state index is 0.0563. The summed E-state index contributed by atoms with van der Waals surface area (Å²) < 4.78 is 17.3. The molecule has 0 amide bonds. The first-order valence-corrected chi connectivity index (χ1v) is 11.0. The van der Waals surface area contributed by atoms with Crippen LogP contribution in [0, 0.1) is 28.6 Å². The molecule has 3 atom stereocenters. The van der Waals surface area contributed by atoms with Gasteiger partial charge in [-0.3, -0.25) is 4.79 Å². The van der Waals surface area contributed by atoms with Gasteiger partial charge in [-0.2, -0.15) is 5.26 Å². The second-order valence-corrected chi connectivity index (χ2v) is 8.84. The fraction of sp³-hybridized carbons (Fsp3) is 0.286. The lowest BCUT2D eigenvalue weighted by Crippen LogP contribution is -2.15. The van der Waals surface area contributed by atoms with Crippen LogP contribution in [0.15, 0.2) is 84.9 Å². The monoisotopic (exact) mass is 441 g/mol. The third-order valence-electron chi connectivity index (χ3n) is 6.20. The van der Waals surface area contributed by atoms with Gasteiger partial charge < -0.3 is 14.2 Å². The Hall–Kier alpha value is -3.62. The summed E-state index contributed by atoms with van der Waals surface area (Å²) in [5, 5.41) is 9.68. The molecule has 3 aromatic carbocycles. The molecule has 1 unspecified atom stereocenters. The van der Waals surface area contributed by atoms with Gasteiger partial charge in [0.15, 0.2) is 0 Å². The van der Waals surface area contributed by atoms with Crippen molar-refractivity contribution >= 4 is 5.97 Å². The smallest absolute Gasteiger partial charge is 0.311 e. The van der Waals surface area contributed by atoms with Crippen molar-refractivity contribution in [2.24, 2.45) is 17.3 Å². The molecule has 4 rings (SSSR count). The molecule has 0 heterocycles. The average molecular weight is 442 g/mol. The molecule has 33 heavy (non-hydrogen) atoms. The first-order valence-electron chi connectivity index (χ1n) is 11.0. The minimum Gasteiger partial charge on any atom is -0.457 e. The van der Waals surface area contributed by atoms with Crippen molar-refractivity contribution in [3.63, 3.8) is 0 Å². The molecule has 0 aromatic heterocycles. The van der Waals surface area contributed by atoms with Crippen molar-refractivity contribution < 1.29 is 19.0 Å². The van der Waals surface area contributed by atoms with E-state index in [4.69, 9.17) is 14.2 Å². The summed E-state index contributed by atoms with van der Waals surface area (Å²) >= 11 is 0. The van der Waals surface area contributed by atoms with E-state index in [0.29, 0.717) is 30.3 Å². The van der Waals surface area contributed by atoms with Gasteiger partial charge in [-0.15, -0.1) is 0 Å². The molecule has 0 spiro atoms. The van der Waals surface area contributed by atoms with Crippen LogP contribution in [0.25, 0.3) is 0 Å². The van der Waals surface area contributed by atoms with Crippen LogP contribution in [-0.2, 0) is 20.9 Å². The Bertz CT molecular complexity index is 1120. The van der Waals surface area contributed by atoms with E-state index in [-0.39, 0.29) is 23.2 Å². The fourth-order valence-corrected chi connectivity index (χ4v) is 4.13. The fourth-order valence-electron chi connectivity index (χ4n) is 4.13. The topological polar surface area (TPSA) is 68.6 Å². The van der Waals surface area contributed by atoms with Gasteiger partial charge in [0.1, 0.15) is 17.6 Å². The molecule has 0 saturated heterocycles. The first-order chi connectivity index (χ1) is 16.0. The summed E-state index contributed by atoms with van der Waals surface area (Å²) in [7, 11) is 0. The molecule has 168 valence electrons. The van der Waals surface area contributed by atoms with E-state index in [2.05, 4.69) is 6.07 Å². The number of benzene rings is 3. The summed E-state index contributed by atoms with van der Waals surface area (Å²) in [4.78, 5) is 12.9. The van der Waals surface area contributed by atoms with Gasteiger partial charge in [0.05, 0.1) is 19.1 Å². The maximum Gasteiger partial charge on any atom is 0.311 e. The van der Waals surface area contributed by atoms with Gasteiger partial charge in [0.25, 0.3) is 0 Å². The van der Waals surface area contributed by atoms with Gasteiger partial charge in [-0.05, 0) is 35.2 Å². The van der Waals surface area contributed by atoms with Crippen molar-refractivity contribution in [2.75, 3.05) is 6.61 Å². The summed E-state index contributed by atoms with van der Waals surface area (Å²) in [6.07, 6.45) is -1.00. The molecule has 0 N–H and O–H groups in total. The van der Waals surface area contributed by atoms with Crippen LogP contribution < -0.4 is 4.74 Å². The van der Waals surface area contributed by atoms with Crippen molar-refractivity contribution in [2.45, 2.75) is 26.6 Å². The Morgan fingerprint density at radius 3 is 2.33 bits per heavy atom. The minimum atomic E-state index is -1.00. The van der Waals surface area contributed by atoms with Crippen LogP contribution in [0.1, 0.15) is 31.1 Å². The predicted octanol–water partition coefficient (Wildman–Crippen LogP) is 6.08. The third kappa shape index (κ3) is 5.42. The van der Waals surface area contributed by atoms with Gasteiger partial charge in [0, 0.05) is 11.5 Å². The molecule has 0 aliphatic heterocycles. The van der Waals surface area contributed by atoms with E-state index in [1.54, 1.807) is 24.3 Å². The molecule has 1 fully saturated rings. The average Bonchev–Trinajstić information content (AvgIpc) is 3.39. The Balaban J connectivity index is 1.36. The Kier molecular flexibility index (Phi) is 6.76. The molecule has 1 aliphatic rings. The van der Waals surface area contributed by atoms with Gasteiger partial charge >= 0.3 is 5.97 Å². The van der Waals surface area contributed by atoms with E-state index in [0.717, 1.165) is 5.56 Å². The normalized spacial score (nSPS) is 19.2. The van der Waals surface area contributed by atoms with E-state index < -0.39 is 6.10 Å². The number of carbonyl (C=O) groups is 1. The number of nitrogens with zero attached hydrogens (tertiary/aromatic N) is 1. The number of ether oxygens (including phenoxy) is 3. The number of hydrogen-bond donors (Lipinski definition) is 0. The van der Waals surface area contributed by atoms with Crippen LogP contribution in [0.4, 0.5) is 0 Å². The lowest BCUT2D eigenvalue weighted by Gasteiger charge is -2.13. The second kappa shape index (κ2) is 9.89. The van der Waals surface area contributed by atoms with Crippen LogP contribution in [0.2, 0.25) is 0 Å². The summed E-state index contributed by atoms with van der Waals surface area (Å²) in [6.45, 7) is 5.04. The predicted molar refractivity (Wildman–Crippen MR) is 124 cm³/mol.